The molecule has 0 aliphatic rings. The Labute approximate surface area is 172 Å². The molecule has 28 heavy (non-hydrogen) atoms. The Kier molecular flexibility index (Phi) is 5.54. The van der Waals surface area contributed by atoms with E-state index in [4.69, 9.17) is 0 Å². The molecule has 0 aliphatic heterocycles. The van der Waals surface area contributed by atoms with Gasteiger partial charge in [-0.05, 0) is 23.6 Å². The van der Waals surface area contributed by atoms with Gasteiger partial charge in [-0.1, -0.05) is 49.9 Å². The minimum absolute atomic E-state index is 0.542. The molecule has 0 atom stereocenters. The fourth-order valence-electron chi connectivity index (χ4n) is 2.84. The smallest absolute Gasteiger partial charge is 0.191 e. The highest BCUT2D eigenvalue weighted by Gasteiger charge is 2.12. The quantitative estimate of drug-likeness (QED) is 0.400. The zero-order chi connectivity index (χ0) is 19.5. The molecule has 0 saturated carbocycles. The first-order valence-corrected chi connectivity index (χ1v) is 10.9. The number of hydrogen-bond donors (Lipinski definition) is 0. The van der Waals surface area contributed by atoms with E-state index in [1.807, 2.05) is 29.9 Å². The summed E-state index contributed by atoms with van der Waals surface area (Å²) in [6.45, 7) is 4.42. The van der Waals surface area contributed by atoms with Crippen LogP contribution in [-0.2, 0) is 12.8 Å². The summed E-state index contributed by atoms with van der Waals surface area (Å²) in [6.07, 6.45) is 5.52. The fraction of sp³-hybridized carbons (Fsp3) is 0.238. The van der Waals surface area contributed by atoms with Crippen molar-refractivity contribution in [1.82, 2.24) is 24.7 Å². The second kappa shape index (κ2) is 8.24. The maximum absolute atomic E-state index is 4.60. The number of nitrogens with zero attached hydrogens (tertiary/aromatic N) is 5. The van der Waals surface area contributed by atoms with Gasteiger partial charge < -0.3 is 4.57 Å². The van der Waals surface area contributed by atoms with Crippen molar-refractivity contribution in [1.29, 1.82) is 0 Å². The van der Waals surface area contributed by atoms with E-state index in [-0.39, 0.29) is 0 Å². The van der Waals surface area contributed by atoms with Gasteiger partial charge in [0.1, 0.15) is 5.01 Å². The molecule has 4 aromatic rings. The summed E-state index contributed by atoms with van der Waals surface area (Å²) in [5.41, 5.74) is 3.49. The lowest BCUT2D eigenvalue weighted by Crippen LogP contribution is -1.95. The van der Waals surface area contributed by atoms with Crippen molar-refractivity contribution in [3.05, 3.63) is 65.4 Å². The van der Waals surface area contributed by atoms with E-state index in [1.54, 1.807) is 35.5 Å². The summed E-state index contributed by atoms with van der Waals surface area (Å²) < 4.78 is 2.01. The molecule has 4 rings (SSSR count). The van der Waals surface area contributed by atoms with Crippen molar-refractivity contribution in [2.45, 2.75) is 30.7 Å². The Morgan fingerprint density at radius 3 is 2.57 bits per heavy atom. The molecule has 0 spiro atoms. The summed E-state index contributed by atoms with van der Waals surface area (Å²) in [5.74, 6) is 2.19. The lowest BCUT2D eigenvalue weighted by Gasteiger charge is -2.05. The normalized spacial score (nSPS) is 11.3. The molecule has 0 bridgehead atoms. The Hall–Kier alpha value is -2.51. The summed E-state index contributed by atoms with van der Waals surface area (Å²) in [4.78, 5) is 9.98. The molecule has 0 unspecified atom stereocenters. The maximum Gasteiger partial charge on any atom is 0.191 e. The van der Waals surface area contributed by atoms with Crippen LogP contribution in [0.3, 0.4) is 0 Å². The van der Waals surface area contributed by atoms with E-state index in [0.29, 0.717) is 5.92 Å². The van der Waals surface area contributed by atoms with Gasteiger partial charge in [-0.3, -0.25) is 4.98 Å². The van der Waals surface area contributed by atoms with Gasteiger partial charge in [0.15, 0.2) is 11.0 Å². The molecule has 0 saturated heterocycles. The second-order valence-corrected chi connectivity index (χ2v) is 8.86. The SMILES string of the molecule is CC(C)c1ccc(-c2ncc(CSc3nnc(-c4cccnc4)n3C)s2)cc1. The molecule has 0 amide bonds. The number of pyridine rings is 1. The van der Waals surface area contributed by atoms with Crippen LogP contribution in [0.2, 0.25) is 0 Å². The highest BCUT2D eigenvalue weighted by molar-refractivity contribution is 7.98. The molecule has 0 aliphatic carbocycles. The van der Waals surface area contributed by atoms with Gasteiger partial charge in [0.25, 0.3) is 0 Å². The maximum atomic E-state index is 4.60. The van der Waals surface area contributed by atoms with Crippen molar-refractivity contribution >= 4 is 23.1 Å². The van der Waals surface area contributed by atoms with Crippen molar-refractivity contribution in [3.63, 3.8) is 0 Å². The number of thiazole rings is 1. The highest BCUT2D eigenvalue weighted by Crippen LogP contribution is 2.31. The molecule has 3 aromatic heterocycles. The van der Waals surface area contributed by atoms with Crippen LogP contribution in [0.5, 0.6) is 0 Å². The molecule has 0 N–H and O–H groups in total. The first-order valence-electron chi connectivity index (χ1n) is 9.09. The third-order valence-electron chi connectivity index (χ3n) is 4.48. The molecular weight excluding hydrogens is 386 g/mol. The van der Waals surface area contributed by atoms with Crippen LogP contribution in [-0.4, -0.2) is 24.7 Å². The lowest BCUT2D eigenvalue weighted by atomic mass is 10.0. The van der Waals surface area contributed by atoms with Crippen LogP contribution in [0.25, 0.3) is 22.0 Å². The third-order valence-corrected chi connectivity index (χ3v) is 6.77. The molecule has 5 nitrogen and oxygen atoms in total. The number of aromatic nitrogens is 5. The topological polar surface area (TPSA) is 56.5 Å². The molecule has 7 heteroatoms. The number of rotatable bonds is 6. The molecular formula is C21H21N5S2. The van der Waals surface area contributed by atoms with Gasteiger partial charge in [0.2, 0.25) is 0 Å². The van der Waals surface area contributed by atoms with E-state index in [9.17, 15) is 0 Å². The van der Waals surface area contributed by atoms with Crippen molar-refractivity contribution in [2.75, 3.05) is 0 Å². The van der Waals surface area contributed by atoms with Crippen molar-refractivity contribution in [3.8, 4) is 22.0 Å². The first-order chi connectivity index (χ1) is 13.6. The van der Waals surface area contributed by atoms with Gasteiger partial charge in [0.05, 0.1) is 0 Å². The standard InChI is InChI=1S/C21H21N5S2/c1-14(2)15-6-8-16(9-7-15)20-23-12-18(28-20)13-27-21-25-24-19(26(21)3)17-5-4-10-22-11-17/h4-12,14H,13H2,1-3H3. The zero-order valence-electron chi connectivity index (χ0n) is 16.0. The minimum atomic E-state index is 0.542. The van der Waals surface area contributed by atoms with Gasteiger partial charge >= 0.3 is 0 Å². The Bertz CT molecular complexity index is 1050. The van der Waals surface area contributed by atoms with Crippen molar-refractivity contribution in [2.24, 2.45) is 7.05 Å². The molecule has 0 radical (unpaired) electrons. The van der Waals surface area contributed by atoms with Gasteiger partial charge in [-0.2, -0.15) is 0 Å². The van der Waals surface area contributed by atoms with E-state index in [1.165, 1.54) is 16.0 Å². The van der Waals surface area contributed by atoms with Gasteiger partial charge in [-0.15, -0.1) is 21.5 Å². The average Bonchev–Trinajstić information content (AvgIpc) is 3.34. The van der Waals surface area contributed by atoms with Crippen LogP contribution < -0.4 is 0 Å². The summed E-state index contributed by atoms with van der Waals surface area (Å²) in [6, 6.07) is 12.6. The zero-order valence-corrected chi connectivity index (χ0v) is 17.7. The van der Waals surface area contributed by atoms with Crippen LogP contribution in [0.4, 0.5) is 0 Å². The van der Waals surface area contributed by atoms with E-state index in [0.717, 1.165) is 27.3 Å². The largest absolute Gasteiger partial charge is 0.305 e. The number of benzene rings is 1. The van der Waals surface area contributed by atoms with Crippen LogP contribution in [0, 0.1) is 0 Å². The highest BCUT2D eigenvalue weighted by atomic mass is 32.2. The monoisotopic (exact) mass is 407 g/mol. The number of thioether (sulfide) groups is 1. The summed E-state index contributed by atoms with van der Waals surface area (Å²) in [7, 11) is 1.99. The first kappa shape index (κ1) is 18.8. The van der Waals surface area contributed by atoms with Gasteiger partial charge in [-0.25, -0.2) is 4.98 Å². The fourth-order valence-corrected chi connectivity index (χ4v) is 4.69. The summed E-state index contributed by atoms with van der Waals surface area (Å²) >= 11 is 3.40. The van der Waals surface area contributed by atoms with E-state index >= 15 is 0 Å². The van der Waals surface area contributed by atoms with E-state index < -0.39 is 0 Å². The second-order valence-electron chi connectivity index (χ2n) is 6.80. The average molecular weight is 408 g/mol. The predicted octanol–water partition coefficient (Wildman–Crippen LogP) is 5.42. The summed E-state index contributed by atoms with van der Waals surface area (Å²) in [5, 5.41) is 10.6. The van der Waals surface area contributed by atoms with Crippen LogP contribution >= 0.6 is 23.1 Å². The Morgan fingerprint density at radius 1 is 1.04 bits per heavy atom. The predicted molar refractivity (Wildman–Crippen MR) is 115 cm³/mol. The Balaban J connectivity index is 1.45. The van der Waals surface area contributed by atoms with Gasteiger partial charge in [0, 0.05) is 47.4 Å². The molecule has 0 fully saturated rings. The molecule has 142 valence electrons. The lowest BCUT2D eigenvalue weighted by molar-refractivity contribution is 0.793. The van der Waals surface area contributed by atoms with Crippen LogP contribution in [0.15, 0.2) is 60.1 Å². The Morgan fingerprint density at radius 2 is 1.86 bits per heavy atom. The third kappa shape index (κ3) is 4.00. The molecule has 1 aromatic carbocycles. The molecule has 3 heterocycles. The van der Waals surface area contributed by atoms with Crippen molar-refractivity contribution < 1.29 is 0 Å². The van der Waals surface area contributed by atoms with E-state index in [2.05, 4.69) is 58.3 Å². The minimum Gasteiger partial charge on any atom is -0.305 e. The number of hydrogen-bond acceptors (Lipinski definition) is 6. The van der Waals surface area contributed by atoms with Crippen LogP contribution in [0.1, 0.15) is 30.2 Å².